The first-order chi connectivity index (χ1) is 15.4. The number of methoxy groups -OCH3 is 2. The Hall–Kier alpha value is -2.89. The van der Waals surface area contributed by atoms with E-state index in [-0.39, 0.29) is 17.9 Å². The van der Waals surface area contributed by atoms with E-state index < -0.39 is 43.3 Å². The Morgan fingerprint density at radius 2 is 1.62 bits per heavy atom. The molecule has 2 aromatic rings. The van der Waals surface area contributed by atoms with E-state index in [1.165, 1.54) is 14.2 Å². The molecule has 0 radical (unpaired) electrons. The highest BCUT2D eigenvalue weighted by Crippen LogP contribution is 2.29. The maximum atomic E-state index is 12.6. The standard InChI is InChI=1S/C22H26O10/c1-28-14-7-4-8-15(29-2)17(14)21(27)30-11-12-5-3-6-13(9-12)31-22-20(26)19(25)18(24)16(10-23)32-22/h3-9,16,18-20,22-26H,10-11H2,1-2H3/t16-,18-,19+,20-,22-/m1/s1. The van der Waals surface area contributed by atoms with Crippen molar-refractivity contribution in [2.45, 2.75) is 37.3 Å². The fourth-order valence-corrected chi connectivity index (χ4v) is 3.28. The van der Waals surface area contributed by atoms with Crippen molar-refractivity contribution in [2.75, 3.05) is 20.8 Å². The zero-order chi connectivity index (χ0) is 23.3. The molecular weight excluding hydrogens is 424 g/mol. The molecular formula is C22H26O10. The number of aliphatic hydroxyl groups excluding tert-OH is 4. The summed E-state index contributed by atoms with van der Waals surface area (Å²) in [7, 11) is 2.87. The Kier molecular flexibility index (Phi) is 7.89. The summed E-state index contributed by atoms with van der Waals surface area (Å²) < 4.78 is 26.7. The highest BCUT2D eigenvalue weighted by Gasteiger charge is 2.44. The minimum absolute atomic E-state index is 0.0914. The van der Waals surface area contributed by atoms with Crippen LogP contribution >= 0.6 is 0 Å². The lowest BCUT2D eigenvalue weighted by molar-refractivity contribution is -0.277. The lowest BCUT2D eigenvalue weighted by Crippen LogP contribution is -2.60. The van der Waals surface area contributed by atoms with Crippen LogP contribution in [0.2, 0.25) is 0 Å². The molecule has 0 unspecified atom stereocenters. The average molecular weight is 450 g/mol. The molecule has 2 aromatic carbocycles. The predicted octanol–water partition coefficient (Wildman–Crippen LogP) is 0.239. The van der Waals surface area contributed by atoms with Gasteiger partial charge in [-0.25, -0.2) is 4.79 Å². The van der Waals surface area contributed by atoms with Gasteiger partial charge in [0.15, 0.2) is 0 Å². The second kappa shape index (κ2) is 10.6. The Balaban J connectivity index is 1.68. The lowest BCUT2D eigenvalue weighted by Gasteiger charge is -2.39. The van der Waals surface area contributed by atoms with Gasteiger partial charge < -0.3 is 44.1 Å². The first-order valence-electron chi connectivity index (χ1n) is 9.83. The molecule has 0 amide bonds. The SMILES string of the molecule is COc1cccc(OC)c1C(=O)OCc1cccc(O[C@@H]2O[C@H](CO)[C@@H](O)[C@H](O)[C@H]2O)c1. The fraction of sp³-hybridized carbons (Fsp3) is 0.409. The molecule has 5 atom stereocenters. The molecule has 10 nitrogen and oxygen atoms in total. The van der Waals surface area contributed by atoms with Crippen LogP contribution in [-0.2, 0) is 16.1 Å². The zero-order valence-corrected chi connectivity index (χ0v) is 17.6. The summed E-state index contributed by atoms with van der Waals surface area (Å²) >= 11 is 0. The molecule has 1 aliphatic rings. The number of esters is 1. The van der Waals surface area contributed by atoms with Gasteiger partial charge in [-0.15, -0.1) is 0 Å². The maximum absolute atomic E-state index is 12.6. The lowest BCUT2D eigenvalue weighted by atomic mass is 9.99. The van der Waals surface area contributed by atoms with Crippen molar-refractivity contribution < 1.29 is 48.9 Å². The van der Waals surface area contributed by atoms with Crippen molar-refractivity contribution in [1.82, 2.24) is 0 Å². The molecule has 0 aromatic heterocycles. The Morgan fingerprint density at radius 3 is 2.25 bits per heavy atom. The van der Waals surface area contributed by atoms with E-state index in [1.54, 1.807) is 42.5 Å². The smallest absolute Gasteiger partial charge is 0.346 e. The normalized spacial score (nSPS) is 25.1. The number of ether oxygens (including phenoxy) is 5. The summed E-state index contributed by atoms with van der Waals surface area (Å²) in [5.74, 6) is 0.250. The number of carbonyl (C=O) groups excluding carboxylic acids is 1. The van der Waals surface area contributed by atoms with Crippen molar-refractivity contribution in [3.8, 4) is 17.2 Å². The fourth-order valence-electron chi connectivity index (χ4n) is 3.28. The molecule has 0 aliphatic carbocycles. The van der Waals surface area contributed by atoms with Crippen LogP contribution in [0.3, 0.4) is 0 Å². The summed E-state index contributed by atoms with van der Waals surface area (Å²) in [6.07, 6.45) is -6.97. The number of rotatable bonds is 8. The van der Waals surface area contributed by atoms with Crippen molar-refractivity contribution >= 4 is 5.97 Å². The topological polar surface area (TPSA) is 144 Å². The van der Waals surface area contributed by atoms with E-state index in [9.17, 15) is 25.2 Å². The van der Waals surface area contributed by atoms with Crippen molar-refractivity contribution in [3.05, 3.63) is 53.6 Å². The third-order valence-corrected chi connectivity index (χ3v) is 5.00. The Labute approximate surface area is 184 Å². The zero-order valence-electron chi connectivity index (χ0n) is 17.6. The highest BCUT2D eigenvalue weighted by molar-refractivity contribution is 5.95. The highest BCUT2D eigenvalue weighted by atomic mass is 16.7. The average Bonchev–Trinajstić information content (AvgIpc) is 2.82. The molecule has 174 valence electrons. The van der Waals surface area contributed by atoms with Crippen LogP contribution in [0.4, 0.5) is 0 Å². The number of aliphatic hydroxyl groups is 4. The molecule has 1 heterocycles. The van der Waals surface area contributed by atoms with Crippen LogP contribution in [-0.4, -0.2) is 77.9 Å². The molecule has 10 heteroatoms. The first kappa shape index (κ1) is 23.8. The largest absolute Gasteiger partial charge is 0.496 e. The predicted molar refractivity (Wildman–Crippen MR) is 110 cm³/mol. The van der Waals surface area contributed by atoms with Crippen LogP contribution in [0.25, 0.3) is 0 Å². The molecule has 0 bridgehead atoms. The summed E-state index contributed by atoms with van der Waals surface area (Å²) in [5, 5.41) is 39.2. The van der Waals surface area contributed by atoms with Gasteiger partial charge in [-0.2, -0.15) is 0 Å². The van der Waals surface area contributed by atoms with Gasteiger partial charge in [0, 0.05) is 0 Å². The van der Waals surface area contributed by atoms with Gasteiger partial charge in [-0.1, -0.05) is 18.2 Å². The summed E-state index contributed by atoms with van der Waals surface area (Å²) in [6.45, 7) is -0.654. The van der Waals surface area contributed by atoms with Crippen molar-refractivity contribution in [1.29, 1.82) is 0 Å². The third kappa shape index (κ3) is 5.12. The summed E-state index contributed by atoms with van der Waals surface area (Å²) in [6, 6.07) is 11.4. The minimum atomic E-state index is -1.55. The van der Waals surface area contributed by atoms with Crippen molar-refractivity contribution in [3.63, 3.8) is 0 Å². The van der Waals surface area contributed by atoms with E-state index in [0.717, 1.165) is 0 Å². The molecule has 32 heavy (non-hydrogen) atoms. The van der Waals surface area contributed by atoms with E-state index in [1.807, 2.05) is 0 Å². The van der Waals surface area contributed by atoms with Gasteiger partial charge in [-0.3, -0.25) is 0 Å². The maximum Gasteiger partial charge on any atom is 0.346 e. The molecule has 1 aliphatic heterocycles. The van der Waals surface area contributed by atoms with Crippen LogP contribution in [0.1, 0.15) is 15.9 Å². The summed E-state index contributed by atoms with van der Waals surface area (Å²) in [5.41, 5.74) is 0.737. The second-order valence-corrected chi connectivity index (χ2v) is 7.08. The molecule has 0 spiro atoms. The van der Waals surface area contributed by atoms with Gasteiger partial charge in [0.1, 0.15) is 53.8 Å². The molecule has 0 saturated carbocycles. The van der Waals surface area contributed by atoms with Crippen molar-refractivity contribution in [2.24, 2.45) is 0 Å². The van der Waals surface area contributed by atoms with Gasteiger partial charge in [0.05, 0.1) is 20.8 Å². The molecule has 3 rings (SSSR count). The number of hydrogen-bond donors (Lipinski definition) is 4. The summed E-state index contributed by atoms with van der Waals surface area (Å²) in [4.78, 5) is 12.6. The second-order valence-electron chi connectivity index (χ2n) is 7.08. The van der Waals surface area contributed by atoms with Gasteiger partial charge in [0.25, 0.3) is 0 Å². The van der Waals surface area contributed by atoms with Gasteiger partial charge in [-0.05, 0) is 29.8 Å². The monoisotopic (exact) mass is 450 g/mol. The van der Waals surface area contributed by atoms with Crippen LogP contribution in [0.5, 0.6) is 17.2 Å². The van der Waals surface area contributed by atoms with Crippen LogP contribution < -0.4 is 14.2 Å². The van der Waals surface area contributed by atoms with Gasteiger partial charge >= 0.3 is 5.97 Å². The Morgan fingerprint density at radius 1 is 0.969 bits per heavy atom. The van der Waals surface area contributed by atoms with E-state index in [2.05, 4.69) is 0 Å². The van der Waals surface area contributed by atoms with E-state index in [0.29, 0.717) is 17.1 Å². The quantitative estimate of drug-likeness (QED) is 0.413. The number of benzene rings is 2. The van der Waals surface area contributed by atoms with E-state index >= 15 is 0 Å². The molecule has 1 fully saturated rings. The van der Waals surface area contributed by atoms with Gasteiger partial charge in [0.2, 0.25) is 6.29 Å². The third-order valence-electron chi connectivity index (χ3n) is 5.00. The molecule has 4 N–H and O–H groups in total. The number of carbonyl (C=O) groups is 1. The van der Waals surface area contributed by atoms with E-state index in [4.69, 9.17) is 23.7 Å². The molecule has 1 saturated heterocycles. The van der Waals surface area contributed by atoms with Crippen LogP contribution in [0, 0.1) is 0 Å². The number of hydrogen-bond acceptors (Lipinski definition) is 10. The Bertz CT molecular complexity index is 893. The van der Waals surface area contributed by atoms with Crippen LogP contribution in [0.15, 0.2) is 42.5 Å². The first-order valence-corrected chi connectivity index (χ1v) is 9.83. The minimum Gasteiger partial charge on any atom is -0.496 e.